The average molecular weight is 459 g/mol. The first-order valence-corrected chi connectivity index (χ1v) is 10.1. The smallest absolute Gasteiger partial charge is 0.275 e. The Hall–Kier alpha value is -4.79. The highest BCUT2D eigenvalue weighted by atomic mass is 19.1. The highest BCUT2D eigenvalue weighted by Crippen LogP contribution is 2.26. The van der Waals surface area contributed by atoms with Crippen LogP contribution in [0.2, 0.25) is 0 Å². The predicted octanol–water partition coefficient (Wildman–Crippen LogP) is 4.94. The molecule has 0 saturated carbocycles. The van der Waals surface area contributed by atoms with E-state index in [9.17, 15) is 24.4 Å². The number of hydrazone groups is 1. The zero-order valence-electron chi connectivity index (χ0n) is 17.6. The molecule has 0 heterocycles. The number of rotatable bonds is 7. The molecule has 0 radical (unpaired) electrons. The molecule has 0 fully saturated rings. The number of nitro groups is 1. The molecule has 0 bridgehead atoms. The van der Waals surface area contributed by atoms with Gasteiger partial charge < -0.3 is 9.84 Å². The Morgan fingerprint density at radius 3 is 2.56 bits per heavy atom. The number of hydrogen-bond donors (Lipinski definition) is 2. The van der Waals surface area contributed by atoms with Crippen molar-refractivity contribution >= 4 is 28.6 Å². The summed E-state index contributed by atoms with van der Waals surface area (Å²) in [4.78, 5) is 23.1. The van der Waals surface area contributed by atoms with Crippen LogP contribution in [-0.2, 0) is 6.61 Å². The van der Waals surface area contributed by atoms with E-state index in [0.29, 0.717) is 5.56 Å². The van der Waals surface area contributed by atoms with Gasteiger partial charge in [-0.1, -0.05) is 36.4 Å². The standard InChI is InChI=1S/C25H18FN3O5/c26-20-7-3-4-16(10-20)15-34-24-9-8-21(29(32)33)11-19(24)14-27-28-25(31)22-12-17-5-1-2-6-18(17)13-23(22)30/h1-14,30H,15H2,(H,28,31). The van der Waals surface area contributed by atoms with Crippen molar-refractivity contribution in [2.75, 3.05) is 0 Å². The van der Waals surface area contributed by atoms with Gasteiger partial charge in [-0.2, -0.15) is 5.10 Å². The van der Waals surface area contributed by atoms with Crippen LogP contribution in [0.15, 0.2) is 84.0 Å². The fourth-order valence-corrected chi connectivity index (χ4v) is 3.30. The zero-order chi connectivity index (χ0) is 24.1. The summed E-state index contributed by atoms with van der Waals surface area (Å²) in [5.41, 5.74) is 2.94. The first-order valence-electron chi connectivity index (χ1n) is 10.1. The molecule has 9 heteroatoms. The summed E-state index contributed by atoms with van der Waals surface area (Å²) in [7, 11) is 0. The van der Waals surface area contributed by atoms with Gasteiger partial charge >= 0.3 is 0 Å². The molecule has 34 heavy (non-hydrogen) atoms. The van der Waals surface area contributed by atoms with Gasteiger partial charge in [-0.15, -0.1) is 0 Å². The number of halogens is 1. The van der Waals surface area contributed by atoms with E-state index in [0.717, 1.165) is 10.8 Å². The van der Waals surface area contributed by atoms with E-state index in [1.54, 1.807) is 18.2 Å². The lowest BCUT2D eigenvalue weighted by Gasteiger charge is -2.09. The molecule has 0 aliphatic heterocycles. The van der Waals surface area contributed by atoms with E-state index in [1.807, 2.05) is 18.2 Å². The number of ether oxygens (including phenoxy) is 1. The Labute approximate surface area is 193 Å². The minimum atomic E-state index is -0.660. The van der Waals surface area contributed by atoms with Crippen molar-refractivity contribution in [3.8, 4) is 11.5 Å². The van der Waals surface area contributed by atoms with Crippen molar-refractivity contribution in [3.05, 3.63) is 111 Å². The number of nitrogens with one attached hydrogen (secondary N) is 1. The van der Waals surface area contributed by atoms with Crippen LogP contribution in [0.25, 0.3) is 10.8 Å². The Balaban J connectivity index is 1.54. The Kier molecular flexibility index (Phi) is 6.45. The number of fused-ring (bicyclic) bond motifs is 1. The Morgan fingerprint density at radius 2 is 1.82 bits per heavy atom. The van der Waals surface area contributed by atoms with E-state index in [-0.39, 0.29) is 34.9 Å². The van der Waals surface area contributed by atoms with Gasteiger partial charge in [0.25, 0.3) is 11.6 Å². The molecule has 0 atom stereocenters. The van der Waals surface area contributed by atoms with Gasteiger partial charge in [-0.3, -0.25) is 14.9 Å². The molecule has 2 N–H and O–H groups in total. The summed E-state index contributed by atoms with van der Waals surface area (Å²) < 4.78 is 19.1. The predicted molar refractivity (Wildman–Crippen MR) is 125 cm³/mol. The number of nitro benzene ring substituents is 1. The lowest BCUT2D eigenvalue weighted by molar-refractivity contribution is -0.384. The van der Waals surface area contributed by atoms with Crippen molar-refractivity contribution in [1.82, 2.24) is 5.43 Å². The van der Waals surface area contributed by atoms with Crippen LogP contribution in [0.1, 0.15) is 21.5 Å². The number of aromatic hydroxyl groups is 1. The molecular formula is C25H18FN3O5. The number of phenolic OH excluding ortho intramolecular Hbond substituents is 1. The monoisotopic (exact) mass is 459 g/mol. The highest BCUT2D eigenvalue weighted by Gasteiger charge is 2.13. The van der Waals surface area contributed by atoms with E-state index in [1.165, 1.54) is 48.7 Å². The molecule has 4 aromatic carbocycles. The highest BCUT2D eigenvalue weighted by molar-refractivity contribution is 6.01. The lowest BCUT2D eigenvalue weighted by Crippen LogP contribution is -2.17. The molecule has 0 unspecified atom stereocenters. The number of amides is 1. The molecule has 8 nitrogen and oxygen atoms in total. The molecule has 170 valence electrons. The normalized spacial score (nSPS) is 11.0. The van der Waals surface area contributed by atoms with Gasteiger partial charge in [0, 0.05) is 17.7 Å². The quantitative estimate of drug-likeness (QED) is 0.231. The number of phenols is 1. The van der Waals surface area contributed by atoms with Crippen LogP contribution in [0.3, 0.4) is 0 Å². The van der Waals surface area contributed by atoms with Crippen LogP contribution in [0, 0.1) is 15.9 Å². The van der Waals surface area contributed by atoms with Crippen molar-refractivity contribution in [1.29, 1.82) is 0 Å². The number of hydrogen-bond acceptors (Lipinski definition) is 6. The van der Waals surface area contributed by atoms with E-state index in [4.69, 9.17) is 4.74 Å². The first kappa shape index (κ1) is 22.4. The summed E-state index contributed by atoms with van der Waals surface area (Å²) in [6.45, 7) is 0.0216. The third-order valence-electron chi connectivity index (χ3n) is 4.97. The number of carbonyl (C=O) groups is 1. The maximum Gasteiger partial charge on any atom is 0.275 e. The fourth-order valence-electron chi connectivity index (χ4n) is 3.30. The van der Waals surface area contributed by atoms with Gasteiger partial charge in [0.2, 0.25) is 0 Å². The van der Waals surface area contributed by atoms with Crippen LogP contribution >= 0.6 is 0 Å². The summed E-state index contributed by atoms with van der Waals surface area (Å²) in [6.07, 6.45) is 1.20. The lowest BCUT2D eigenvalue weighted by atomic mass is 10.1. The molecule has 4 aromatic rings. The van der Waals surface area contributed by atoms with Gasteiger partial charge in [0.15, 0.2) is 0 Å². The van der Waals surface area contributed by atoms with E-state index >= 15 is 0 Å². The van der Waals surface area contributed by atoms with Gasteiger partial charge in [-0.05, 0) is 46.7 Å². The van der Waals surface area contributed by atoms with Gasteiger partial charge in [0.05, 0.1) is 16.7 Å². The van der Waals surface area contributed by atoms with E-state index < -0.39 is 16.6 Å². The largest absolute Gasteiger partial charge is 0.507 e. The third kappa shape index (κ3) is 5.16. The average Bonchev–Trinajstić information content (AvgIpc) is 2.82. The van der Waals surface area contributed by atoms with Crippen LogP contribution in [-0.4, -0.2) is 22.2 Å². The maximum absolute atomic E-state index is 13.4. The molecule has 0 aliphatic carbocycles. The molecule has 0 saturated heterocycles. The second-order valence-electron chi connectivity index (χ2n) is 7.31. The number of non-ortho nitro benzene ring substituents is 1. The summed E-state index contributed by atoms with van der Waals surface area (Å²) in [5, 5.41) is 26.8. The fraction of sp³-hybridized carbons (Fsp3) is 0.0400. The van der Waals surface area contributed by atoms with Crippen molar-refractivity contribution in [3.63, 3.8) is 0 Å². The Bertz CT molecular complexity index is 1420. The molecule has 0 aromatic heterocycles. The second-order valence-corrected chi connectivity index (χ2v) is 7.31. The SMILES string of the molecule is O=C(NN=Cc1cc([N+](=O)[O-])ccc1OCc1cccc(F)c1)c1cc2ccccc2cc1O. The van der Waals surface area contributed by atoms with Crippen molar-refractivity contribution < 1.29 is 24.0 Å². The van der Waals surface area contributed by atoms with Crippen LogP contribution in [0.5, 0.6) is 11.5 Å². The third-order valence-corrected chi connectivity index (χ3v) is 4.97. The van der Waals surface area contributed by atoms with Crippen molar-refractivity contribution in [2.24, 2.45) is 5.10 Å². The summed E-state index contributed by atoms with van der Waals surface area (Å²) in [6, 6.07) is 20.0. The summed E-state index contributed by atoms with van der Waals surface area (Å²) in [5.74, 6) is -1.03. The molecule has 4 rings (SSSR count). The molecule has 0 aliphatic rings. The minimum absolute atomic E-state index is 0.0216. The number of benzene rings is 4. The first-order chi connectivity index (χ1) is 16.4. The molecule has 1 amide bonds. The topological polar surface area (TPSA) is 114 Å². The Morgan fingerprint density at radius 1 is 1.06 bits per heavy atom. The molecular weight excluding hydrogens is 441 g/mol. The van der Waals surface area contributed by atoms with Gasteiger partial charge in [-0.25, -0.2) is 9.82 Å². The van der Waals surface area contributed by atoms with Crippen LogP contribution < -0.4 is 10.2 Å². The zero-order valence-corrected chi connectivity index (χ0v) is 17.6. The van der Waals surface area contributed by atoms with E-state index in [2.05, 4.69) is 10.5 Å². The van der Waals surface area contributed by atoms with Gasteiger partial charge in [0.1, 0.15) is 23.9 Å². The number of carbonyl (C=O) groups excluding carboxylic acids is 1. The minimum Gasteiger partial charge on any atom is -0.507 e. The van der Waals surface area contributed by atoms with Crippen LogP contribution in [0.4, 0.5) is 10.1 Å². The molecule has 0 spiro atoms. The summed E-state index contributed by atoms with van der Waals surface area (Å²) >= 11 is 0. The maximum atomic E-state index is 13.4. The van der Waals surface area contributed by atoms with Crippen molar-refractivity contribution in [2.45, 2.75) is 6.61 Å². The second kappa shape index (κ2) is 9.78. The number of nitrogens with zero attached hydrogens (tertiary/aromatic N) is 2.